The van der Waals surface area contributed by atoms with E-state index in [1.807, 2.05) is 12.1 Å². The molecule has 0 atom stereocenters. The molecule has 0 radical (unpaired) electrons. The van der Waals surface area contributed by atoms with E-state index in [-0.39, 0.29) is 0 Å². The van der Waals surface area contributed by atoms with Crippen LogP contribution in [0, 0.1) is 6.92 Å². The van der Waals surface area contributed by atoms with Gasteiger partial charge in [0.25, 0.3) is 0 Å². The summed E-state index contributed by atoms with van der Waals surface area (Å²) in [5.41, 5.74) is 3.31. The molecule has 0 unspecified atom stereocenters. The topological polar surface area (TPSA) is 12.9 Å². The predicted octanol–water partition coefficient (Wildman–Crippen LogP) is 4.40. The lowest BCUT2D eigenvalue weighted by molar-refractivity contribution is 1.36. The van der Waals surface area contributed by atoms with Crippen LogP contribution in [-0.2, 0) is 0 Å². The average molecular weight is 227 g/mol. The van der Waals surface area contributed by atoms with Crippen LogP contribution in [0.25, 0.3) is 22.7 Å². The van der Waals surface area contributed by atoms with E-state index in [1.165, 1.54) is 5.56 Å². The zero-order valence-electron chi connectivity index (χ0n) is 9.23. The fraction of sp³-hybridized carbons (Fsp3) is 0.0714. The molecule has 0 bridgehead atoms. The van der Waals surface area contributed by atoms with Gasteiger partial charge in [-0.25, -0.2) is 4.98 Å². The molecular weight excluding hydrogens is 214 g/mol. The summed E-state index contributed by atoms with van der Waals surface area (Å²) in [7, 11) is 0. The van der Waals surface area contributed by atoms with Gasteiger partial charge in [0, 0.05) is 5.56 Å². The number of benzene rings is 1. The number of nitrogens with zero attached hydrogens (tertiary/aromatic N) is 1. The summed E-state index contributed by atoms with van der Waals surface area (Å²) in [6, 6.07) is 8.34. The highest BCUT2D eigenvalue weighted by molar-refractivity contribution is 7.16. The van der Waals surface area contributed by atoms with Crippen LogP contribution in [-0.4, -0.2) is 4.98 Å². The molecule has 2 aromatic rings. The van der Waals surface area contributed by atoms with Crippen molar-refractivity contribution in [3.05, 3.63) is 53.6 Å². The van der Waals surface area contributed by atoms with Crippen LogP contribution in [0.3, 0.4) is 0 Å². The van der Waals surface area contributed by atoms with Crippen LogP contribution in [0.5, 0.6) is 0 Å². The fourth-order valence-electron chi connectivity index (χ4n) is 1.54. The molecule has 0 aliphatic carbocycles. The minimum Gasteiger partial charge on any atom is -0.236 e. The maximum Gasteiger partial charge on any atom is 0.124 e. The highest BCUT2D eigenvalue weighted by Crippen LogP contribution is 2.29. The molecule has 1 heterocycles. The first-order valence-corrected chi connectivity index (χ1v) is 5.89. The molecule has 2 rings (SSSR count). The smallest absolute Gasteiger partial charge is 0.124 e. The van der Waals surface area contributed by atoms with Crippen LogP contribution in [0.4, 0.5) is 0 Å². The Morgan fingerprint density at radius 3 is 2.62 bits per heavy atom. The van der Waals surface area contributed by atoms with Gasteiger partial charge in [-0.3, -0.25) is 0 Å². The Balaban J connectivity index is 2.52. The van der Waals surface area contributed by atoms with E-state index < -0.39 is 0 Å². The van der Waals surface area contributed by atoms with Gasteiger partial charge in [-0.2, -0.15) is 0 Å². The van der Waals surface area contributed by atoms with Gasteiger partial charge in [0.05, 0.1) is 10.6 Å². The average Bonchev–Trinajstić information content (AvgIpc) is 2.72. The van der Waals surface area contributed by atoms with Gasteiger partial charge in [-0.05, 0) is 25.1 Å². The highest BCUT2D eigenvalue weighted by Gasteiger charge is 2.07. The molecule has 1 nitrogen and oxygen atoms in total. The first kappa shape index (κ1) is 10.8. The Hall–Kier alpha value is -1.67. The van der Waals surface area contributed by atoms with E-state index in [0.717, 1.165) is 21.1 Å². The Labute approximate surface area is 99.8 Å². The van der Waals surface area contributed by atoms with E-state index in [9.17, 15) is 0 Å². The summed E-state index contributed by atoms with van der Waals surface area (Å²) in [5.74, 6) is 0. The molecule has 0 amide bonds. The van der Waals surface area contributed by atoms with Crippen molar-refractivity contribution in [2.24, 2.45) is 0 Å². The third kappa shape index (κ3) is 1.97. The summed E-state index contributed by atoms with van der Waals surface area (Å²) in [5, 5.41) is 1.02. The number of aromatic nitrogens is 1. The zero-order chi connectivity index (χ0) is 11.5. The third-order valence-electron chi connectivity index (χ3n) is 2.32. The molecule has 0 saturated carbocycles. The van der Waals surface area contributed by atoms with Crippen molar-refractivity contribution in [2.45, 2.75) is 6.92 Å². The Morgan fingerprint density at radius 1 is 1.25 bits per heavy atom. The van der Waals surface area contributed by atoms with Crippen molar-refractivity contribution >= 4 is 23.5 Å². The maximum absolute atomic E-state index is 4.54. The Bertz CT molecular complexity index is 512. The van der Waals surface area contributed by atoms with Crippen molar-refractivity contribution in [1.29, 1.82) is 0 Å². The first-order chi connectivity index (χ1) is 7.74. The minimum absolute atomic E-state index is 0.913. The number of hydrogen-bond acceptors (Lipinski definition) is 2. The van der Waals surface area contributed by atoms with E-state index in [1.54, 1.807) is 17.4 Å². The second-order valence-corrected chi connectivity index (χ2v) is 4.58. The number of aryl methyl sites for hydroxylation is 1. The van der Waals surface area contributed by atoms with Crippen LogP contribution in [0.1, 0.15) is 16.1 Å². The zero-order valence-corrected chi connectivity index (χ0v) is 10.1. The monoisotopic (exact) mass is 227 g/mol. The lowest BCUT2D eigenvalue weighted by Crippen LogP contribution is -1.78. The van der Waals surface area contributed by atoms with E-state index in [4.69, 9.17) is 0 Å². The van der Waals surface area contributed by atoms with Gasteiger partial charge in [-0.1, -0.05) is 36.9 Å². The molecule has 0 aliphatic rings. The maximum atomic E-state index is 4.54. The number of hydrogen-bond donors (Lipinski definition) is 0. The van der Waals surface area contributed by atoms with Gasteiger partial charge < -0.3 is 0 Å². The highest BCUT2D eigenvalue weighted by atomic mass is 32.1. The number of rotatable bonds is 3. The van der Waals surface area contributed by atoms with Crippen LogP contribution in [0.15, 0.2) is 37.4 Å². The predicted molar refractivity (Wildman–Crippen MR) is 72.5 cm³/mol. The molecule has 0 aliphatic heterocycles. The van der Waals surface area contributed by atoms with Crippen molar-refractivity contribution in [3.63, 3.8) is 0 Å². The van der Waals surface area contributed by atoms with Gasteiger partial charge in [0.2, 0.25) is 0 Å². The standard InChI is InChI=1S/C14H13NS/c1-4-12-13(5-2)16-14(15-12)11-8-6-7-10(3)9-11/h4-9H,1-2H2,3H3. The normalized spacial score (nSPS) is 10.1. The molecule has 1 aromatic heterocycles. The molecule has 1 aromatic carbocycles. The van der Waals surface area contributed by atoms with E-state index in [0.29, 0.717) is 0 Å². The van der Waals surface area contributed by atoms with E-state index >= 15 is 0 Å². The van der Waals surface area contributed by atoms with Crippen LogP contribution in [0.2, 0.25) is 0 Å². The minimum atomic E-state index is 0.913. The quantitative estimate of drug-likeness (QED) is 0.757. The summed E-state index contributed by atoms with van der Waals surface area (Å²) in [6.45, 7) is 9.63. The Morgan fingerprint density at radius 2 is 2.06 bits per heavy atom. The molecule has 0 spiro atoms. The van der Waals surface area contributed by atoms with Crippen LogP contribution < -0.4 is 0 Å². The van der Waals surface area contributed by atoms with Crippen LogP contribution >= 0.6 is 11.3 Å². The molecular formula is C14H13NS. The largest absolute Gasteiger partial charge is 0.236 e. The second-order valence-electron chi connectivity index (χ2n) is 3.55. The van der Waals surface area contributed by atoms with Crippen molar-refractivity contribution in [1.82, 2.24) is 4.98 Å². The fourth-order valence-corrected chi connectivity index (χ4v) is 2.45. The third-order valence-corrected chi connectivity index (χ3v) is 3.44. The summed E-state index contributed by atoms with van der Waals surface area (Å²) < 4.78 is 0. The summed E-state index contributed by atoms with van der Waals surface area (Å²) in [6.07, 6.45) is 3.60. The Kier molecular flexibility index (Phi) is 3.02. The lowest BCUT2D eigenvalue weighted by Gasteiger charge is -1.96. The van der Waals surface area contributed by atoms with Crippen molar-refractivity contribution in [3.8, 4) is 10.6 Å². The van der Waals surface area contributed by atoms with Gasteiger partial charge in [0.1, 0.15) is 5.01 Å². The lowest BCUT2D eigenvalue weighted by atomic mass is 10.1. The summed E-state index contributed by atoms with van der Waals surface area (Å²) >= 11 is 1.65. The van der Waals surface area contributed by atoms with Crippen molar-refractivity contribution < 1.29 is 0 Å². The molecule has 2 heteroatoms. The number of thiazole rings is 1. The molecule has 0 N–H and O–H groups in total. The molecule has 0 fully saturated rings. The molecule has 0 saturated heterocycles. The van der Waals surface area contributed by atoms with Crippen molar-refractivity contribution in [2.75, 3.05) is 0 Å². The molecule has 80 valence electrons. The van der Waals surface area contributed by atoms with Gasteiger partial charge in [0.15, 0.2) is 0 Å². The summed E-state index contributed by atoms with van der Waals surface area (Å²) in [4.78, 5) is 5.62. The first-order valence-electron chi connectivity index (χ1n) is 5.07. The SMILES string of the molecule is C=Cc1nc(-c2cccc(C)c2)sc1C=C. The second kappa shape index (κ2) is 4.45. The van der Waals surface area contributed by atoms with Gasteiger partial charge >= 0.3 is 0 Å². The van der Waals surface area contributed by atoms with Gasteiger partial charge in [-0.15, -0.1) is 11.3 Å². The van der Waals surface area contributed by atoms with E-state index in [2.05, 4.69) is 43.3 Å². The molecule has 16 heavy (non-hydrogen) atoms.